The van der Waals surface area contributed by atoms with Crippen LogP contribution in [-0.2, 0) is 0 Å². The lowest BCUT2D eigenvalue weighted by Crippen LogP contribution is -2.21. The van der Waals surface area contributed by atoms with E-state index in [9.17, 15) is 0 Å². The van der Waals surface area contributed by atoms with E-state index in [1.54, 1.807) is 6.20 Å². The third kappa shape index (κ3) is 3.21. The molecule has 0 aromatic carbocycles. The maximum Gasteiger partial charge on any atom is 0.138 e. The molecule has 0 amide bonds. The van der Waals surface area contributed by atoms with Crippen molar-refractivity contribution in [1.82, 2.24) is 10.3 Å². The highest BCUT2D eigenvalue weighted by molar-refractivity contribution is 5.50. The molecule has 2 fully saturated rings. The highest BCUT2D eigenvalue weighted by Gasteiger charge is 2.37. The Hall–Kier alpha value is -1.35. The SMILES string of the molecule is CC(C)COc1cncc(C=CC2CC3CCC2N3)c1. The Labute approximate surface area is 121 Å². The summed E-state index contributed by atoms with van der Waals surface area (Å²) in [6.07, 6.45) is 12.2. The molecule has 1 aromatic rings. The first-order valence-corrected chi connectivity index (χ1v) is 7.73. The van der Waals surface area contributed by atoms with E-state index < -0.39 is 0 Å². The smallest absolute Gasteiger partial charge is 0.138 e. The number of fused-ring (bicyclic) bond motifs is 2. The fourth-order valence-corrected chi connectivity index (χ4v) is 3.18. The Morgan fingerprint density at radius 3 is 3.00 bits per heavy atom. The Balaban J connectivity index is 1.61. The molecule has 2 aliphatic heterocycles. The molecule has 3 nitrogen and oxygen atoms in total. The van der Waals surface area contributed by atoms with Crippen LogP contribution in [0.15, 0.2) is 24.5 Å². The van der Waals surface area contributed by atoms with Gasteiger partial charge in [0.25, 0.3) is 0 Å². The number of nitrogens with one attached hydrogen (secondary N) is 1. The van der Waals surface area contributed by atoms with Gasteiger partial charge in [-0.25, -0.2) is 0 Å². The standard InChI is InChI=1S/C17H24N2O/c1-12(2)11-20-16-7-13(9-18-10-16)3-4-14-8-15-5-6-17(14)19-15/h3-4,7,9-10,12,14-15,17,19H,5-6,8,11H2,1-2H3. The van der Waals surface area contributed by atoms with Crippen LogP contribution in [0.2, 0.25) is 0 Å². The minimum atomic E-state index is 0.536. The average molecular weight is 272 g/mol. The van der Waals surface area contributed by atoms with Gasteiger partial charge in [0, 0.05) is 18.3 Å². The molecule has 0 spiro atoms. The molecule has 3 unspecified atom stereocenters. The molecule has 1 aromatic heterocycles. The number of hydrogen-bond acceptors (Lipinski definition) is 3. The van der Waals surface area contributed by atoms with Gasteiger partial charge in [-0.15, -0.1) is 0 Å². The second-order valence-corrected chi connectivity index (χ2v) is 6.46. The number of rotatable bonds is 5. The number of nitrogens with zero attached hydrogens (tertiary/aromatic N) is 1. The van der Waals surface area contributed by atoms with E-state index in [1.165, 1.54) is 19.3 Å². The topological polar surface area (TPSA) is 34.1 Å². The lowest BCUT2D eigenvalue weighted by Gasteiger charge is -2.15. The first-order chi connectivity index (χ1) is 9.70. The van der Waals surface area contributed by atoms with Crippen molar-refractivity contribution in [3.8, 4) is 5.75 Å². The summed E-state index contributed by atoms with van der Waals surface area (Å²) in [5.74, 6) is 2.09. The maximum absolute atomic E-state index is 5.72. The molecule has 3 atom stereocenters. The molecule has 2 aliphatic rings. The van der Waals surface area contributed by atoms with Gasteiger partial charge in [-0.05, 0) is 42.7 Å². The molecule has 0 aliphatic carbocycles. The molecular weight excluding hydrogens is 248 g/mol. The third-order valence-electron chi connectivity index (χ3n) is 4.20. The predicted molar refractivity (Wildman–Crippen MR) is 81.7 cm³/mol. The molecule has 3 rings (SSSR count). The van der Waals surface area contributed by atoms with Crippen LogP contribution in [0.25, 0.3) is 6.08 Å². The van der Waals surface area contributed by atoms with Crippen LogP contribution in [0.1, 0.15) is 38.7 Å². The van der Waals surface area contributed by atoms with Crippen molar-refractivity contribution in [2.75, 3.05) is 6.61 Å². The van der Waals surface area contributed by atoms with Crippen LogP contribution in [-0.4, -0.2) is 23.7 Å². The Kier molecular flexibility index (Phi) is 4.06. The zero-order valence-electron chi connectivity index (χ0n) is 12.4. The molecular formula is C17H24N2O. The number of ether oxygens (including phenoxy) is 1. The van der Waals surface area contributed by atoms with Gasteiger partial charge in [0.15, 0.2) is 0 Å². The van der Waals surface area contributed by atoms with E-state index in [0.29, 0.717) is 17.9 Å². The van der Waals surface area contributed by atoms with E-state index in [-0.39, 0.29) is 0 Å². The molecule has 0 radical (unpaired) electrons. The first-order valence-electron chi connectivity index (χ1n) is 7.73. The van der Waals surface area contributed by atoms with Gasteiger partial charge in [0.2, 0.25) is 0 Å². The van der Waals surface area contributed by atoms with Crippen molar-refractivity contribution in [3.63, 3.8) is 0 Å². The van der Waals surface area contributed by atoms with Gasteiger partial charge >= 0.3 is 0 Å². The van der Waals surface area contributed by atoms with E-state index in [4.69, 9.17) is 4.74 Å². The van der Waals surface area contributed by atoms with E-state index in [2.05, 4.69) is 42.4 Å². The Morgan fingerprint density at radius 1 is 1.40 bits per heavy atom. The second-order valence-electron chi connectivity index (χ2n) is 6.46. The van der Waals surface area contributed by atoms with Gasteiger partial charge in [0.1, 0.15) is 5.75 Å². The number of pyridine rings is 1. The Bertz CT molecular complexity index is 484. The number of aromatic nitrogens is 1. The lowest BCUT2D eigenvalue weighted by molar-refractivity contribution is 0.270. The molecule has 1 N–H and O–H groups in total. The third-order valence-corrected chi connectivity index (χ3v) is 4.20. The van der Waals surface area contributed by atoms with Crippen LogP contribution in [0.5, 0.6) is 5.75 Å². The largest absolute Gasteiger partial charge is 0.492 e. The molecule has 108 valence electrons. The van der Waals surface area contributed by atoms with Crippen molar-refractivity contribution in [2.45, 2.75) is 45.2 Å². The van der Waals surface area contributed by atoms with E-state index in [1.807, 2.05) is 6.20 Å². The second kappa shape index (κ2) is 5.96. The summed E-state index contributed by atoms with van der Waals surface area (Å²) < 4.78 is 5.72. The first kappa shape index (κ1) is 13.6. The van der Waals surface area contributed by atoms with Crippen molar-refractivity contribution in [2.24, 2.45) is 11.8 Å². The molecule has 3 heterocycles. The highest BCUT2D eigenvalue weighted by Crippen LogP contribution is 2.34. The van der Waals surface area contributed by atoms with Crippen molar-refractivity contribution < 1.29 is 4.74 Å². The zero-order valence-corrected chi connectivity index (χ0v) is 12.4. The summed E-state index contributed by atoms with van der Waals surface area (Å²) in [6, 6.07) is 3.53. The normalized spacial score (nSPS) is 28.6. The van der Waals surface area contributed by atoms with Crippen LogP contribution in [0.3, 0.4) is 0 Å². The van der Waals surface area contributed by atoms with E-state index >= 15 is 0 Å². The average Bonchev–Trinajstić information content (AvgIpc) is 3.06. The van der Waals surface area contributed by atoms with E-state index in [0.717, 1.165) is 24.0 Å². The summed E-state index contributed by atoms with van der Waals surface area (Å²) in [4.78, 5) is 4.26. The zero-order chi connectivity index (χ0) is 13.9. The fraction of sp³-hybridized carbons (Fsp3) is 0.588. The minimum absolute atomic E-state index is 0.536. The maximum atomic E-state index is 5.72. The molecule has 0 saturated carbocycles. The van der Waals surface area contributed by atoms with Crippen LogP contribution in [0.4, 0.5) is 0 Å². The number of hydrogen-bond donors (Lipinski definition) is 1. The molecule has 20 heavy (non-hydrogen) atoms. The van der Waals surface area contributed by atoms with Gasteiger partial charge in [-0.3, -0.25) is 4.98 Å². The summed E-state index contributed by atoms with van der Waals surface area (Å²) in [5, 5.41) is 3.67. The van der Waals surface area contributed by atoms with Crippen LogP contribution in [0, 0.1) is 11.8 Å². The Morgan fingerprint density at radius 2 is 2.30 bits per heavy atom. The van der Waals surface area contributed by atoms with Gasteiger partial charge in [-0.1, -0.05) is 26.0 Å². The fourth-order valence-electron chi connectivity index (χ4n) is 3.18. The monoisotopic (exact) mass is 272 g/mol. The molecule has 3 heteroatoms. The van der Waals surface area contributed by atoms with Crippen molar-refractivity contribution >= 4 is 6.08 Å². The van der Waals surface area contributed by atoms with Gasteiger partial charge in [-0.2, -0.15) is 0 Å². The van der Waals surface area contributed by atoms with Gasteiger partial charge in [0.05, 0.1) is 12.8 Å². The molecule has 2 bridgehead atoms. The summed E-state index contributed by atoms with van der Waals surface area (Å²) in [7, 11) is 0. The summed E-state index contributed by atoms with van der Waals surface area (Å²) in [5.41, 5.74) is 1.13. The quantitative estimate of drug-likeness (QED) is 0.893. The van der Waals surface area contributed by atoms with Crippen molar-refractivity contribution in [3.05, 3.63) is 30.1 Å². The van der Waals surface area contributed by atoms with Gasteiger partial charge < -0.3 is 10.1 Å². The highest BCUT2D eigenvalue weighted by atomic mass is 16.5. The van der Waals surface area contributed by atoms with Crippen molar-refractivity contribution in [1.29, 1.82) is 0 Å². The molecule has 2 saturated heterocycles. The predicted octanol–water partition coefficient (Wildman–Crippen LogP) is 3.27. The minimum Gasteiger partial charge on any atom is -0.492 e. The van der Waals surface area contributed by atoms with Crippen LogP contribution < -0.4 is 10.1 Å². The summed E-state index contributed by atoms with van der Waals surface area (Å²) >= 11 is 0. The summed E-state index contributed by atoms with van der Waals surface area (Å²) in [6.45, 7) is 5.05. The van der Waals surface area contributed by atoms with Crippen LogP contribution >= 0.6 is 0 Å². The lowest BCUT2D eigenvalue weighted by atomic mass is 9.89.